The van der Waals surface area contributed by atoms with E-state index >= 15 is 0 Å². The zero-order valence-corrected chi connectivity index (χ0v) is 9.47. The van der Waals surface area contributed by atoms with Gasteiger partial charge in [-0.25, -0.2) is 8.78 Å². The van der Waals surface area contributed by atoms with Crippen LogP contribution in [0.1, 0.15) is 38.2 Å². The number of halogens is 2. The van der Waals surface area contributed by atoms with E-state index in [0.717, 1.165) is 31.7 Å². The SMILES string of the molecule is CCC1CCC(N)(c2cccc(F)c2F)C1. The molecule has 1 aromatic carbocycles. The average Bonchev–Trinajstić information content (AvgIpc) is 2.65. The number of rotatable bonds is 2. The van der Waals surface area contributed by atoms with Gasteiger partial charge in [-0.05, 0) is 31.2 Å². The maximum Gasteiger partial charge on any atom is 0.163 e. The van der Waals surface area contributed by atoms with E-state index in [1.54, 1.807) is 6.07 Å². The van der Waals surface area contributed by atoms with E-state index in [-0.39, 0.29) is 0 Å². The van der Waals surface area contributed by atoms with Crippen molar-refractivity contribution < 1.29 is 8.78 Å². The smallest absolute Gasteiger partial charge is 0.163 e. The first-order valence-electron chi connectivity index (χ1n) is 5.80. The fourth-order valence-corrected chi connectivity index (χ4v) is 2.66. The number of nitrogens with two attached hydrogens (primary N) is 1. The summed E-state index contributed by atoms with van der Waals surface area (Å²) in [4.78, 5) is 0. The number of benzene rings is 1. The molecule has 2 atom stereocenters. The van der Waals surface area contributed by atoms with E-state index in [1.165, 1.54) is 6.07 Å². The Balaban J connectivity index is 2.34. The Kier molecular flexibility index (Phi) is 2.98. The van der Waals surface area contributed by atoms with Crippen LogP contribution in [0, 0.1) is 17.6 Å². The van der Waals surface area contributed by atoms with Crippen LogP contribution < -0.4 is 5.73 Å². The third-order valence-electron chi connectivity index (χ3n) is 3.72. The normalized spacial score (nSPS) is 29.6. The molecule has 0 amide bonds. The molecule has 0 spiro atoms. The van der Waals surface area contributed by atoms with E-state index in [1.807, 2.05) is 0 Å². The van der Waals surface area contributed by atoms with E-state index < -0.39 is 17.2 Å². The maximum absolute atomic E-state index is 13.7. The van der Waals surface area contributed by atoms with Crippen molar-refractivity contribution in [2.45, 2.75) is 38.1 Å². The minimum atomic E-state index is -0.803. The second kappa shape index (κ2) is 4.13. The Bertz CT molecular complexity index is 392. The quantitative estimate of drug-likeness (QED) is 0.820. The van der Waals surface area contributed by atoms with Gasteiger partial charge in [0.15, 0.2) is 11.6 Å². The minimum absolute atomic E-state index is 0.337. The standard InChI is InChI=1S/C13H17F2N/c1-2-9-6-7-13(16,8-9)10-4-3-5-11(14)12(10)15/h3-5,9H,2,6-8,16H2,1H3. The third-order valence-corrected chi connectivity index (χ3v) is 3.72. The molecule has 0 saturated heterocycles. The largest absolute Gasteiger partial charge is 0.321 e. The first-order chi connectivity index (χ1) is 7.57. The van der Waals surface area contributed by atoms with E-state index in [2.05, 4.69) is 6.92 Å². The van der Waals surface area contributed by atoms with Gasteiger partial charge in [-0.2, -0.15) is 0 Å². The van der Waals surface area contributed by atoms with Crippen molar-refractivity contribution in [3.63, 3.8) is 0 Å². The zero-order valence-electron chi connectivity index (χ0n) is 9.47. The maximum atomic E-state index is 13.7. The van der Waals surface area contributed by atoms with Crippen LogP contribution in [-0.2, 0) is 5.54 Å². The summed E-state index contributed by atoms with van der Waals surface area (Å²) in [6.45, 7) is 2.11. The molecule has 0 radical (unpaired) electrons. The topological polar surface area (TPSA) is 26.0 Å². The van der Waals surface area contributed by atoms with Crippen LogP contribution in [0.4, 0.5) is 8.78 Å². The molecule has 2 N–H and O–H groups in total. The summed E-state index contributed by atoms with van der Waals surface area (Å²) in [5.74, 6) is -1.04. The van der Waals surface area contributed by atoms with Crippen molar-refractivity contribution in [3.05, 3.63) is 35.4 Å². The van der Waals surface area contributed by atoms with Gasteiger partial charge in [0.05, 0.1) is 0 Å². The monoisotopic (exact) mass is 225 g/mol. The highest BCUT2D eigenvalue weighted by Gasteiger charge is 2.38. The molecule has 0 aromatic heterocycles. The van der Waals surface area contributed by atoms with Crippen molar-refractivity contribution in [3.8, 4) is 0 Å². The molecule has 0 heterocycles. The van der Waals surface area contributed by atoms with Gasteiger partial charge in [-0.1, -0.05) is 25.5 Å². The molecule has 1 saturated carbocycles. The van der Waals surface area contributed by atoms with Gasteiger partial charge in [-0.3, -0.25) is 0 Å². The second-order valence-electron chi connectivity index (χ2n) is 4.77. The predicted molar refractivity (Wildman–Crippen MR) is 59.9 cm³/mol. The zero-order chi connectivity index (χ0) is 11.8. The van der Waals surface area contributed by atoms with Gasteiger partial charge in [0.2, 0.25) is 0 Å². The van der Waals surface area contributed by atoms with Crippen LogP contribution in [0.15, 0.2) is 18.2 Å². The highest BCUT2D eigenvalue weighted by molar-refractivity contribution is 5.28. The van der Waals surface area contributed by atoms with Crippen LogP contribution in [0.3, 0.4) is 0 Å². The molecule has 88 valence electrons. The molecular weight excluding hydrogens is 208 g/mol. The van der Waals surface area contributed by atoms with Crippen LogP contribution in [0.5, 0.6) is 0 Å². The summed E-state index contributed by atoms with van der Waals surface area (Å²) in [5.41, 5.74) is 5.87. The Labute approximate surface area is 94.7 Å². The highest BCUT2D eigenvalue weighted by Crippen LogP contribution is 2.42. The van der Waals surface area contributed by atoms with Gasteiger partial charge in [0.1, 0.15) is 0 Å². The van der Waals surface area contributed by atoms with Crippen molar-refractivity contribution >= 4 is 0 Å². The summed E-state index contributed by atoms with van der Waals surface area (Å²) in [6, 6.07) is 4.27. The van der Waals surface area contributed by atoms with Gasteiger partial charge >= 0.3 is 0 Å². The van der Waals surface area contributed by atoms with Gasteiger partial charge < -0.3 is 5.73 Å². The van der Waals surface area contributed by atoms with Crippen LogP contribution in [-0.4, -0.2) is 0 Å². The molecule has 1 aromatic rings. The fourth-order valence-electron chi connectivity index (χ4n) is 2.66. The highest BCUT2D eigenvalue weighted by atomic mass is 19.2. The van der Waals surface area contributed by atoms with Crippen molar-refractivity contribution in [1.29, 1.82) is 0 Å². The van der Waals surface area contributed by atoms with E-state index in [4.69, 9.17) is 5.73 Å². The van der Waals surface area contributed by atoms with E-state index in [9.17, 15) is 8.78 Å². The Morgan fingerprint density at radius 2 is 2.19 bits per heavy atom. The lowest BCUT2D eigenvalue weighted by Gasteiger charge is -2.25. The molecule has 0 aliphatic heterocycles. The summed E-state index contributed by atoms with van der Waals surface area (Å²) in [7, 11) is 0. The van der Waals surface area contributed by atoms with Crippen LogP contribution in [0.25, 0.3) is 0 Å². The van der Waals surface area contributed by atoms with Gasteiger partial charge in [-0.15, -0.1) is 0 Å². The molecule has 2 rings (SSSR count). The molecule has 0 bridgehead atoms. The van der Waals surface area contributed by atoms with Crippen LogP contribution >= 0.6 is 0 Å². The lowest BCUT2D eigenvalue weighted by molar-refractivity contribution is 0.392. The van der Waals surface area contributed by atoms with Gasteiger partial charge in [0, 0.05) is 11.1 Å². The first-order valence-corrected chi connectivity index (χ1v) is 5.80. The lowest BCUT2D eigenvalue weighted by atomic mass is 9.87. The summed E-state index contributed by atoms with van der Waals surface area (Å²) >= 11 is 0. The molecule has 1 fully saturated rings. The molecule has 1 aliphatic rings. The van der Waals surface area contributed by atoms with Crippen LogP contribution in [0.2, 0.25) is 0 Å². The van der Waals surface area contributed by atoms with Gasteiger partial charge in [0.25, 0.3) is 0 Å². The fraction of sp³-hybridized carbons (Fsp3) is 0.538. The Morgan fingerprint density at radius 3 is 2.81 bits per heavy atom. The summed E-state index contributed by atoms with van der Waals surface area (Å²) in [5, 5.41) is 0. The number of hydrogen-bond donors (Lipinski definition) is 1. The Morgan fingerprint density at radius 1 is 1.44 bits per heavy atom. The summed E-state index contributed by atoms with van der Waals surface area (Å²) < 4.78 is 26.8. The lowest BCUT2D eigenvalue weighted by Crippen LogP contribution is -2.35. The molecular formula is C13H17F2N. The molecule has 16 heavy (non-hydrogen) atoms. The van der Waals surface area contributed by atoms with Crippen molar-refractivity contribution in [1.82, 2.24) is 0 Å². The second-order valence-corrected chi connectivity index (χ2v) is 4.77. The first kappa shape index (κ1) is 11.5. The molecule has 3 heteroatoms. The molecule has 1 aliphatic carbocycles. The molecule has 2 unspecified atom stereocenters. The van der Waals surface area contributed by atoms with E-state index in [0.29, 0.717) is 11.5 Å². The summed E-state index contributed by atoms with van der Waals surface area (Å²) in [6.07, 6.45) is 3.55. The average molecular weight is 225 g/mol. The predicted octanol–water partition coefficient (Wildman–Crippen LogP) is 3.33. The minimum Gasteiger partial charge on any atom is -0.321 e. The van der Waals surface area contributed by atoms with Crippen molar-refractivity contribution in [2.75, 3.05) is 0 Å². The number of hydrogen-bond acceptors (Lipinski definition) is 1. The molecule has 1 nitrogen and oxygen atoms in total. The van der Waals surface area contributed by atoms with Crippen molar-refractivity contribution in [2.24, 2.45) is 11.7 Å². The Hall–Kier alpha value is -0.960. The third kappa shape index (κ3) is 1.84.